The van der Waals surface area contributed by atoms with E-state index in [0.29, 0.717) is 0 Å². The van der Waals surface area contributed by atoms with Gasteiger partial charge in [-0.05, 0) is 45.2 Å². The van der Waals surface area contributed by atoms with Crippen molar-refractivity contribution in [3.8, 4) is 0 Å². The summed E-state index contributed by atoms with van der Waals surface area (Å²) >= 11 is 0. The Morgan fingerprint density at radius 3 is 2.06 bits per heavy atom. The molecule has 0 aromatic heterocycles. The van der Waals surface area contributed by atoms with Crippen molar-refractivity contribution in [1.29, 1.82) is 0 Å². The van der Waals surface area contributed by atoms with Crippen molar-refractivity contribution < 1.29 is 19.6 Å². The molecule has 0 atom stereocenters. The molecular formula is C14H20O4. The number of benzene rings is 1. The van der Waals surface area contributed by atoms with Crippen LogP contribution in [0.25, 0.3) is 0 Å². The Labute approximate surface area is 108 Å². The average molecular weight is 252 g/mol. The molecule has 4 nitrogen and oxygen atoms in total. The van der Waals surface area contributed by atoms with Crippen LogP contribution in [0.15, 0.2) is 30.3 Å². The first-order chi connectivity index (χ1) is 8.23. The lowest BCUT2D eigenvalue weighted by Crippen LogP contribution is -2.27. The van der Waals surface area contributed by atoms with E-state index in [0.717, 1.165) is 5.56 Å². The first kappa shape index (κ1) is 14.7. The molecular weight excluding hydrogens is 232 g/mol. The van der Waals surface area contributed by atoms with E-state index in [2.05, 4.69) is 9.93 Å². The molecule has 0 amide bonds. The number of hydrogen-bond donors (Lipinski definition) is 0. The van der Waals surface area contributed by atoms with Crippen LogP contribution in [0.3, 0.4) is 0 Å². The summed E-state index contributed by atoms with van der Waals surface area (Å²) < 4.78 is 0. The second kappa shape index (κ2) is 5.50. The molecule has 0 bridgehead atoms. The van der Waals surface area contributed by atoms with E-state index in [9.17, 15) is 4.79 Å². The Morgan fingerprint density at radius 2 is 1.56 bits per heavy atom. The van der Waals surface area contributed by atoms with Crippen LogP contribution >= 0.6 is 0 Å². The van der Waals surface area contributed by atoms with Gasteiger partial charge < -0.3 is 0 Å². The third-order valence-electron chi connectivity index (χ3n) is 2.43. The molecule has 4 heteroatoms. The summed E-state index contributed by atoms with van der Waals surface area (Å²) in [5.41, 5.74) is -0.392. The molecule has 0 saturated heterocycles. The van der Waals surface area contributed by atoms with Crippen LogP contribution in [0, 0.1) is 5.41 Å². The van der Waals surface area contributed by atoms with Crippen molar-refractivity contribution >= 4 is 5.97 Å². The molecule has 0 aliphatic carbocycles. The first-order valence-corrected chi connectivity index (χ1v) is 5.86. The molecule has 0 aliphatic rings. The zero-order chi connectivity index (χ0) is 13.8. The van der Waals surface area contributed by atoms with Crippen molar-refractivity contribution in [2.75, 3.05) is 0 Å². The van der Waals surface area contributed by atoms with Crippen molar-refractivity contribution in [2.24, 2.45) is 5.41 Å². The fraction of sp³-hybridized carbons (Fsp3) is 0.500. The van der Waals surface area contributed by atoms with Crippen LogP contribution in [-0.2, 0) is 25.2 Å². The average Bonchev–Trinajstić information content (AvgIpc) is 2.28. The van der Waals surface area contributed by atoms with Gasteiger partial charge in [0.2, 0.25) is 0 Å². The summed E-state index contributed by atoms with van der Waals surface area (Å²) in [6, 6.07) is 9.55. The minimum atomic E-state index is -0.695. The second-order valence-electron chi connectivity index (χ2n) is 5.65. The van der Waals surface area contributed by atoms with Crippen molar-refractivity contribution in [3.63, 3.8) is 0 Å². The zero-order valence-corrected chi connectivity index (χ0v) is 11.5. The van der Waals surface area contributed by atoms with Gasteiger partial charge in [-0.3, -0.25) is 4.89 Å². The molecule has 0 heterocycles. The molecule has 0 spiro atoms. The maximum Gasteiger partial charge on any atom is 0.350 e. The van der Waals surface area contributed by atoms with E-state index in [1.807, 2.05) is 44.2 Å². The molecule has 0 saturated carbocycles. The third-order valence-corrected chi connectivity index (χ3v) is 2.43. The molecule has 0 radical (unpaired) electrons. The van der Waals surface area contributed by atoms with Gasteiger partial charge in [0.05, 0.1) is 5.41 Å². The predicted octanol–water partition coefficient (Wildman–Crippen LogP) is 3.37. The minimum absolute atomic E-state index is 0.480. The lowest BCUT2D eigenvalue weighted by atomic mass is 9.98. The SMILES string of the molecule is CC(C)(C)C(=O)OOOC(C)(C)c1ccccc1. The van der Waals surface area contributed by atoms with E-state index in [1.165, 1.54) is 0 Å². The summed E-state index contributed by atoms with van der Waals surface area (Å²) in [4.78, 5) is 21.2. The summed E-state index contributed by atoms with van der Waals surface area (Å²) in [5.74, 6) is -0.480. The largest absolute Gasteiger partial charge is 0.350 e. The quantitative estimate of drug-likeness (QED) is 0.608. The van der Waals surface area contributed by atoms with Gasteiger partial charge in [-0.25, -0.2) is 4.79 Å². The van der Waals surface area contributed by atoms with Crippen LogP contribution in [-0.4, -0.2) is 5.97 Å². The minimum Gasteiger partial charge on any atom is -0.268 e. The van der Waals surface area contributed by atoms with E-state index < -0.39 is 17.0 Å². The Bertz CT molecular complexity index is 390. The molecule has 18 heavy (non-hydrogen) atoms. The number of carbonyl (C=O) groups excluding carboxylic acids is 1. The van der Waals surface area contributed by atoms with Gasteiger partial charge in [0.1, 0.15) is 5.60 Å². The molecule has 0 unspecified atom stereocenters. The van der Waals surface area contributed by atoms with Gasteiger partial charge in [0.25, 0.3) is 0 Å². The first-order valence-electron chi connectivity index (χ1n) is 5.86. The van der Waals surface area contributed by atoms with Crippen LogP contribution in [0.1, 0.15) is 40.2 Å². The van der Waals surface area contributed by atoms with Crippen LogP contribution in [0.5, 0.6) is 0 Å². The summed E-state index contributed by atoms with van der Waals surface area (Å²) in [7, 11) is 0. The molecule has 1 rings (SSSR count). The summed E-state index contributed by atoms with van der Waals surface area (Å²) in [6.45, 7) is 8.86. The maximum absolute atomic E-state index is 11.5. The summed E-state index contributed by atoms with van der Waals surface area (Å²) in [5, 5.41) is 4.59. The van der Waals surface area contributed by atoms with Crippen LogP contribution in [0.4, 0.5) is 0 Å². The van der Waals surface area contributed by atoms with Gasteiger partial charge in [-0.1, -0.05) is 30.3 Å². The van der Waals surface area contributed by atoms with Crippen molar-refractivity contribution in [1.82, 2.24) is 0 Å². The Balaban J connectivity index is 2.51. The van der Waals surface area contributed by atoms with Crippen molar-refractivity contribution in [2.45, 2.75) is 40.2 Å². The monoisotopic (exact) mass is 252 g/mol. The van der Waals surface area contributed by atoms with Gasteiger partial charge >= 0.3 is 5.97 Å². The highest BCUT2D eigenvalue weighted by atomic mass is 17.5. The normalized spacial score (nSPS) is 12.3. The standard InChI is InChI=1S/C14H20O4/c1-13(2,3)12(15)16-18-17-14(4,5)11-9-7-6-8-10-11/h6-10H,1-5H3. The molecule has 100 valence electrons. The molecule has 1 aromatic rings. The highest BCUT2D eigenvalue weighted by Gasteiger charge is 2.27. The van der Waals surface area contributed by atoms with E-state index >= 15 is 0 Å². The van der Waals surface area contributed by atoms with Crippen LogP contribution < -0.4 is 0 Å². The fourth-order valence-electron chi connectivity index (χ4n) is 1.15. The van der Waals surface area contributed by atoms with Crippen molar-refractivity contribution in [3.05, 3.63) is 35.9 Å². The number of rotatable bonds is 4. The van der Waals surface area contributed by atoms with E-state index in [1.54, 1.807) is 20.8 Å². The highest BCUT2D eigenvalue weighted by molar-refractivity contribution is 5.74. The van der Waals surface area contributed by atoms with Gasteiger partial charge in [-0.15, -0.1) is 0 Å². The topological polar surface area (TPSA) is 44.8 Å². The van der Waals surface area contributed by atoms with Gasteiger partial charge in [-0.2, -0.15) is 4.89 Å². The highest BCUT2D eigenvalue weighted by Crippen LogP contribution is 2.25. The van der Waals surface area contributed by atoms with Gasteiger partial charge in [0, 0.05) is 0 Å². The molecule has 0 fully saturated rings. The second-order valence-corrected chi connectivity index (χ2v) is 5.65. The number of hydrogen-bond acceptors (Lipinski definition) is 4. The molecule has 0 N–H and O–H groups in total. The Morgan fingerprint density at radius 1 is 1.00 bits per heavy atom. The Hall–Kier alpha value is -1.39. The van der Waals surface area contributed by atoms with E-state index in [-0.39, 0.29) is 0 Å². The summed E-state index contributed by atoms with van der Waals surface area (Å²) in [6.07, 6.45) is 0. The smallest absolute Gasteiger partial charge is 0.268 e. The lowest BCUT2D eigenvalue weighted by Gasteiger charge is -2.23. The van der Waals surface area contributed by atoms with Crippen LogP contribution in [0.2, 0.25) is 0 Å². The molecule has 0 aliphatic heterocycles. The zero-order valence-electron chi connectivity index (χ0n) is 11.5. The molecule has 1 aromatic carbocycles. The Kier molecular flexibility index (Phi) is 4.48. The van der Waals surface area contributed by atoms with Gasteiger partial charge in [0.15, 0.2) is 0 Å². The predicted molar refractivity (Wildman–Crippen MR) is 67.2 cm³/mol. The third kappa shape index (κ3) is 4.13. The number of carbonyl (C=O) groups is 1. The fourth-order valence-corrected chi connectivity index (χ4v) is 1.15. The van der Waals surface area contributed by atoms with E-state index in [4.69, 9.17) is 4.89 Å². The lowest BCUT2D eigenvalue weighted by molar-refractivity contribution is -0.522. The maximum atomic E-state index is 11.5.